The number of aromatic nitrogens is 1. The number of nitrogens with zero attached hydrogens (tertiary/aromatic N) is 1. The molecule has 0 aliphatic heterocycles. The second-order valence-electron chi connectivity index (χ2n) is 3.86. The Morgan fingerprint density at radius 2 is 2.43 bits per heavy atom. The molecule has 1 fully saturated rings. The molecule has 4 nitrogen and oxygen atoms in total. The molecule has 0 unspecified atom stereocenters. The van der Waals surface area contributed by atoms with Gasteiger partial charge >= 0.3 is 0 Å². The summed E-state index contributed by atoms with van der Waals surface area (Å²) in [7, 11) is 1.73. The van der Waals surface area contributed by atoms with Crippen molar-refractivity contribution in [1.82, 2.24) is 4.98 Å². The number of aliphatic hydroxyl groups is 1. The van der Waals surface area contributed by atoms with Crippen molar-refractivity contribution >= 4 is 11.7 Å². The fourth-order valence-corrected chi connectivity index (χ4v) is 1.59. The van der Waals surface area contributed by atoms with Crippen molar-refractivity contribution in [1.29, 1.82) is 0 Å². The Morgan fingerprint density at radius 3 is 2.86 bits per heavy atom. The molecule has 0 aromatic carbocycles. The highest BCUT2D eigenvalue weighted by Gasteiger charge is 2.50. The lowest BCUT2D eigenvalue weighted by Gasteiger charge is -2.20. The highest BCUT2D eigenvalue weighted by Crippen LogP contribution is 2.46. The van der Waals surface area contributed by atoms with E-state index in [1.165, 1.54) is 0 Å². The van der Waals surface area contributed by atoms with Gasteiger partial charge in [0.2, 0.25) is 5.91 Å². The zero-order chi connectivity index (χ0) is 10.2. The number of hydrogen-bond acceptors (Lipinski definition) is 2. The van der Waals surface area contributed by atoms with Crippen molar-refractivity contribution in [3.63, 3.8) is 0 Å². The molecule has 0 atom stereocenters. The van der Waals surface area contributed by atoms with Gasteiger partial charge in [0, 0.05) is 13.2 Å². The van der Waals surface area contributed by atoms with Crippen LogP contribution in [0.5, 0.6) is 0 Å². The standard InChI is InChI=1S/C10H14N2O2/c1-12(8-3-2-6-11-8)9(14)10(7-13)4-5-10/h2-3,6,11,13H,4-5,7H2,1H3. The van der Waals surface area contributed by atoms with E-state index >= 15 is 0 Å². The summed E-state index contributed by atoms with van der Waals surface area (Å²) in [6.45, 7) is -0.0448. The largest absolute Gasteiger partial charge is 0.395 e. The number of amides is 1. The Kier molecular flexibility index (Phi) is 2.07. The first-order chi connectivity index (χ1) is 6.69. The third-order valence-corrected chi connectivity index (χ3v) is 2.86. The number of carbonyl (C=O) groups excluding carboxylic acids is 1. The van der Waals surface area contributed by atoms with Gasteiger partial charge in [-0.1, -0.05) is 0 Å². The lowest BCUT2D eigenvalue weighted by molar-refractivity contribution is -0.124. The van der Waals surface area contributed by atoms with Gasteiger partial charge in [-0.05, 0) is 25.0 Å². The van der Waals surface area contributed by atoms with Crippen LogP contribution in [0, 0.1) is 5.41 Å². The molecule has 0 radical (unpaired) electrons. The first kappa shape index (κ1) is 9.27. The van der Waals surface area contributed by atoms with Gasteiger partial charge in [0.1, 0.15) is 5.82 Å². The van der Waals surface area contributed by atoms with Gasteiger partial charge in [0.15, 0.2) is 0 Å². The number of anilines is 1. The number of H-pyrrole nitrogens is 1. The second-order valence-corrected chi connectivity index (χ2v) is 3.86. The fourth-order valence-electron chi connectivity index (χ4n) is 1.59. The number of hydrogen-bond donors (Lipinski definition) is 2. The molecule has 1 saturated carbocycles. The number of nitrogens with one attached hydrogen (secondary N) is 1. The van der Waals surface area contributed by atoms with E-state index in [0.717, 1.165) is 18.7 Å². The molecule has 1 aliphatic carbocycles. The maximum atomic E-state index is 11.9. The molecule has 14 heavy (non-hydrogen) atoms. The third kappa shape index (κ3) is 1.32. The van der Waals surface area contributed by atoms with Gasteiger partial charge in [-0.2, -0.15) is 0 Å². The van der Waals surface area contributed by atoms with Crippen molar-refractivity contribution < 1.29 is 9.90 Å². The van der Waals surface area contributed by atoms with Crippen molar-refractivity contribution in [2.45, 2.75) is 12.8 Å². The molecule has 1 amide bonds. The lowest BCUT2D eigenvalue weighted by atomic mass is 10.1. The van der Waals surface area contributed by atoms with E-state index in [4.69, 9.17) is 5.11 Å². The van der Waals surface area contributed by atoms with Crippen LogP contribution < -0.4 is 4.90 Å². The zero-order valence-electron chi connectivity index (χ0n) is 8.16. The predicted molar refractivity (Wildman–Crippen MR) is 53.0 cm³/mol. The summed E-state index contributed by atoms with van der Waals surface area (Å²) in [5.41, 5.74) is -0.486. The molecule has 1 aliphatic rings. The molecule has 2 rings (SSSR count). The Balaban J connectivity index is 2.13. The minimum atomic E-state index is -0.486. The van der Waals surface area contributed by atoms with Gasteiger partial charge < -0.3 is 15.0 Å². The Labute approximate surface area is 82.5 Å². The monoisotopic (exact) mass is 194 g/mol. The van der Waals surface area contributed by atoms with Crippen molar-refractivity contribution in [2.75, 3.05) is 18.6 Å². The van der Waals surface area contributed by atoms with Gasteiger partial charge in [0.05, 0.1) is 12.0 Å². The van der Waals surface area contributed by atoms with Gasteiger partial charge in [0.25, 0.3) is 0 Å². The number of aromatic amines is 1. The number of carbonyl (C=O) groups is 1. The normalized spacial score (nSPS) is 17.9. The summed E-state index contributed by atoms with van der Waals surface area (Å²) >= 11 is 0. The Hall–Kier alpha value is -1.29. The predicted octanol–water partition coefficient (Wildman–Crippen LogP) is 0.750. The molecule has 0 spiro atoms. The molecule has 0 bridgehead atoms. The average molecular weight is 194 g/mol. The van der Waals surface area contributed by atoms with E-state index in [-0.39, 0.29) is 12.5 Å². The van der Waals surface area contributed by atoms with Crippen LogP contribution in [0.15, 0.2) is 18.3 Å². The first-order valence-corrected chi connectivity index (χ1v) is 4.72. The minimum Gasteiger partial charge on any atom is -0.395 e. The maximum absolute atomic E-state index is 11.9. The summed E-state index contributed by atoms with van der Waals surface area (Å²) in [6.07, 6.45) is 3.37. The summed E-state index contributed by atoms with van der Waals surface area (Å²) in [5.74, 6) is 0.775. The summed E-state index contributed by atoms with van der Waals surface area (Å²) in [6, 6.07) is 3.68. The van der Waals surface area contributed by atoms with E-state index in [1.54, 1.807) is 18.1 Å². The van der Waals surface area contributed by atoms with Crippen LogP contribution in [0.1, 0.15) is 12.8 Å². The molecular formula is C10H14N2O2. The van der Waals surface area contributed by atoms with E-state index < -0.39 is 5.41 Å². The lowest BCUT2D eigenvalue weighted by Crippen LogP contribution is -2.36. The van der Waals surface area contributed by atoms with Gasteiger partial charge in [-0.3, -0.25) is 4.79 Å². The van der Waals surface area contributed by atoms with E-state index in [1.807, 2.05) is 12.1 Å². The Bertz CT molecular complexity index is 328. The average Bonchev–Trinajstić information content (AvgIpc) is 2.82. The van der Waals surface area contributed by atoms with Crippen molar-refractivity contribution in [3.05, 3.63) is 18.3 Å². The molecule has 1 aromatic rings. The quantitative estimate of drug-likeness (QED) is 0.746. The van der Waals surface area contributed by atoms with Crippen LogP contribution in [0.25, 0.3) is 0 Å². The molecule has 1 heterocycles. The van der Waals surface area contributed by atoms with Gasteiger partial charge in [-0.25, -0.2) is 0 Å². The SMILES string of the molecule is CN(C(=O)C1(CO)CC1)c1ccc[nH]1. The molecule has 1 aromatic heterocycles. The smallest absolute Gasteiger partial charge is 0.236 e. The third-order valence-electron chi connectivity index (χ3n) is 2.86. The van der Waals surface area contributed by atoms with Crippen LogP contribution in [0.4, 0.5) is 5.82 Å². The first-order valence-electron chi connectivity index (χ1n) is 4.72. The highest BCUT2D eigenvalue weighted by atomic mass is 16.3. The van der Waals surface area contributed by atoms with Crippen LogP contribution >= 0.6 is 0 Å². The number of rotatable bonds is 3. The number of aliphatic hydroxyl groups excluding tert-OH is 1. The summed E-state index contributed by atoms with van der Waals surface area (Å²) in [5, 5.41) is 9.12. The van der Waals surface area contributed by atoms with E-state index in [0.29, 0.717) is 0 Å². The van der Waals surface area contributed by atoms with Crippen molar-refractivity contribution in [3.8, 4) is 0 Å². The molecule has 0 saturated heterocycles. The molecule has 76 valence electrons. The van der Waals surface area contributed by atoms with E-state index in [9.17, 15) is 4.79 Å². The zero-order valence-corrected chi connectivity index (χ0v) is 8.16. The fraction of sp³-hybridized carbons (Fsp3) is 0.500. The highest BCUT2D eigenvalue weighted by molar-refractivity contribution is 5.98. The van der Waals surface area contributed by atoms with Gasteiger partial charge in [-0.15, -0.1) is 0 Å². The maximum Gasteiger partial charge on any atom is 0.236 e. The molecule has 4 heteroatoms. The van der Waals surface area contributed by atoms with Crippen LogP contribution in [0.3, 0.4) is 0 Å². The molecule has 2 N–H and O–H groups in total. The second kappa shape index (κ2) is 3.13. The van der Waals surface area contributed by atoms with Crippen LogP contribution in [-0.2, 0) is 4.79 Å². The molecular weight excluding hydrogens is 180 g/mol. The Morgan fingerprint density at radius 1 is 1.71 bits per heavy atom. The van der Waals surface area contributed by atoms with E-state index in [2.05, 4.69) is 4.98 Å². The van der Waals surface area contributed by atoms with Crippen molar-refractivity contribution in [2.24, 2.45) is 5.41 Å². The van der Waals surface area contributed by atoms with Crippen LogP contribution in [0.2, 0.25) is 0 Å². The minimum absolute atomic E-state index is 0.00227. The summed E-state index contributed by atoms with van der Waals surface area (Å²) < 4.78 is 0. The summed E-state index contributed by atoms with van der Waals surface area (Å²) in [4.78, 5) is 16.4. The van der Waals surface area contributed by atoms with Crippen LogP contribution in [-0.4, -0.2) is 29.7 Å². The topological polar surface area (TPSA) is 56.3 Å².